The van der Waals surface area contributed by atoms with Crippen LogP contribution in [0.5, 0.6) is 5.75 Å². The summed E-state index contributed by atoms with van der Waals surface area (Å²) >= 11 is 0. The molecule has 1 fully saturated rings. The van der Waals surface area contributed by atoms with Crippen LogP contribution in [0.4, 0.5) is 4.79 Å². The average Bonchev–Trinajstić information content (AvgIpc) is 2.56. The second-order valence-electron chi connectivity index (χ2n) is 5.45. The van der Waals surface area contributed by atoms with Crippen LogP contribution < -0.4 is 10.3 Å². The van der Waals surface area contributed by atoms with E-state index in [9.17, 15) is 9.59 Å². The Morgan fingerprint density at radius 1 is 1.22 bits per heavy atom. The van der Waals surface area contributed by atoms with Gasteiger partial charge < -0.3 is 14.7 Å². The van der Waals surface area contributed by atoms with Crippen molar-refractivity contribution < 1.29 is 14.6 Å². The Kier molecular flexibility index (Phi) is 4.27. The summed E-state index contributed by atoms with van der Waals surface area (Å²) in [5.41, 5.74) is 1.39. The number of aromatic nitrogens is 2. The molecule has 7 heteroatoms. The van der Waals surface area contributed by atoms with Crippen LogP contribution in [0.1, 0.15) is 12.8 Å². The van der Waals surface area contributed by atoms with Gasteiger partial charge in [0.1, 0.15) is 11.9 Å². The van der Waals surface area contributed by atoms with Crippen molar-refractivity contribution in [2.24, 2.45) is 0 Å². The summed E-state index contributed by atoms with van der Waals surface area (Å²) < 4.78 is 5.89. The Balaban J connectivity index is 1.62. The predicted molar refractivity (Wildman–Crippen MR) is 83.5 cm³/mol. The van der Waals surface area contributed by atoms with E-state index >= 15 is 0 Å². The average molecular weight is 315 g/mol. The molecule has 0 aliphatic carbocycles. The molecule has 0 bridgehead atoms. The molecule has 1 aromatic carbocycles. The maximum Gasteiger partial charge on any atom is 0.407 e. The highest BCUT2D eigenvalue weighted by Gasteiger charge is 2.23. The van der Waals surface area contributed by atoms with Crippen molar-refractivity contribution in [2.45, 2.75) is 18.9 Å². The Morgan fingerprint density at radius 3 is 2.52 bits per heavy atom. The van der Waals surface area contributed by atoms with Crippen molar-refractivity contribution in [3.05, 3.63) is 46.9 Å². The summed E-state index contributed by atoms with van der Waals surface area (Å²) in [6.07, 6.45) is 2.12. The highest BCUT2D eigenvalue weighted by atomic mass is 16.5. The molecule has 1 saturated heterocycles. The summed E-state index contributed by atoms with van der Waals surface area (Å²) in [7, 11) is 0. The van der Waals surface area contributed by atoms with Crippen molar-refractivity contribution >= 4 is 6.09 Å². The van der Waals surface area contributed by atoms with Crippen LogP contribution in [0, 0.1) is 0 Å². The number of hydrogen-bond acceptors (Lipinski definition) is 4. The van der Waals surface area contributed by atoms with E-state index in [-0.39, 0.29) is 11.7 Å². The van der Waals surface area contributed by atoms with Crippen molar-refractivity contribution in [2.75, 3.05) is 13.1 Å². The van der Waals surface area contributed by atoms with Gasteiger partial charge in [-0.15, -0.1) is 0 Å². The summed E-state index contributed by atoms with van der Waals surface area (Å²) in [6.45, 7) is 0.993. The fraction of sp³-hybridized carbons (Fsp3) is 0.312. The first-order valence-corrected chi connectivity index (χ1v) is 7.41. The van der Waals surface area contributed by atoms with E-state index in [0.717, 1.165) is 16.9 Å². The van der Waals surface area contributed by atoms with Crippen LogP contribution in [0.25, 0.3) is 11.1 Å². The Hall–Kier alpha value is -2.83. The van der Waals surface area contributed by atoms with E-state index in [0.29, 0.717) is 25.9 Å². The minimum Gasteiger partial charge on any atom is -0.490 e. The molecule has 120 valence electrons. The second kappa shape index (κ2) is 6.51. The number of nitrogens with zero attached hydrogens (tertiary/aromatic N) is 2. The topological polar surface area (TPSA) is 95.5 Å². The lowest BCUT2D eigenvalue weighted by Gasteiger charge is -2.30. The largest absolute Gasteiger partial charge is 0.490 e. The molecule has 0 atom stereocenters. The van der Waals surface area contributed by atoms with Gasteiger partial charge in [-0.05, 0) is 17.7 Å². The van der Waals surface area contributed by atoms with E-state index < -0.39 is 6.09 Å². The third kappa shape index (κ3) is 3.68. The predicted octanol–water partition coefficient (Wildman–Crippen LogP) is 1.96. The van der Waals surface area contributed by atoms with E-state index in [4.69, 9.17) is 9.84 Å². The van der Waals surface area contributed by atoms with Gasteiger partial charge in [-0.3, -0.25) is 4.79 Å². The van der Waals surface area contributed by atoms with E-state index in [1.165, 1.54) is 11.0 Å². The summed E-state index contributed by atoms with van der Waals surface area (Å²) in [6, 6.07) is 8.93. The number of aromatic amines is 1. The lowest BCUT2D eigenvalue weighted by Crippen LogP contribution is -2.41. The molecule has 0 radical (unpaired) electrons. The third-order valence-corrected chi connectivity index (χ3v) is 3.87. The number of benzene rings is 1. The zero-order chi connectivity index (χ0) is 16.2. The quantitative estimate of drug-likeness (QED) is 0.902. The maximum atomic E-state index is 11.3. The summed E-state index contributed by atoms with van der Waals surface area (Å²) in [4.78, 5) is 23.6. The summed E-state index contributed by atoms with van der Waals surface area (Å²) in [5.74, 6) is 0.736. The first-order chi connectivity index (χ1) is 11.1. The van der Waals surface area contributed by atoms with Gasteiger partial charge in [0.25, 0.3) is 5.56 Å². The van der Waals surface area contributed by atoms with E-state index in [1.807, 2.05) is 24.3 Å². The van der Waals surface area contributed by atoms with Crippen LogP contribution >= 0.6 is 0 Å². The molecule has 3 rings (SSSR count). The van der Waals surface area contributed by atoms with Gasteiger partial charge in [-0.2, -0.15) is 5.10 Å². The lowest BCUT2D eigenvalue weighted by molar-refractivity contribution is 0.0895. The Labute approximate surface area is 132 Å². The highest BCUT2D eigenvalue weighted by molar-refractivity contribution is 5.65. The standard InChI is InChI=1S/C16H17N3O4/c20-15-9-12(10-17-18-15)11-1-3-13(4-2-11)23-14-5-7-19(8-6-14)16(21)22/h1-4,9-10,14H,5-8H2,(H,18,20)(H,21,22). The van der Waals surface area contributed by atoms with Gasteiger partial charge in [0.2, 0.25) is 0 Å². The fourth-order valence-corrected chi connectivity index (χ4v) is 2.62. The molecule has 0 spiro atoms. The zero-order valence-electron chi connectivity index (χ0n) is 12.4. The lowest BCUT2D eigenvalue weighted by atomic mass is 10.1. The Bertz CT molecular complexity index is 733. The molecule has 2 heterocycles. The van der Waals surface area contributed by atoms with Crippen molar-refractivity contribution in [1.29, 1.82) is 0 Å². The maximum absolute atomic E-state index is 11.3. The van der Waals surface area contributed by atoms with Crippen molar-refractivity contribution in [3.8, 4) is 16.9 Å². The number of H-pyrrole nitrogens is 1. The molecule has 2 aromatic rings. The number of piperidine rings is 1. The first kappa shape index (κ1) is 15.1. The number of carboxylic acid groups (broad SMARTS) is 1. The number of likely N-dealkylation sites (tertiary alicyclic amines) is 1. The smallest absolute Gasteiger partial charge is 0.407 e. The molecule has 1 aliphatic heterocycles. The summed E-state index contributed by atoms with van der Waals surface area (Å²) in [5, 5.41) is 15.0. The number of amides is 1. The molecular weight excluding hydrogens is 298 g/mol. The zero-order valence-corrected chi connectivity index (χ0v) is 12.4. The fourth-order valence-electron chi connectivity index (χ4n) is 2.62. The van der Waals surface area contributed by atoms with Crippen LogP contribution in [-0.2, 0) is 0 Å². The van der Waals surface area contributed by atoms with Gasteiger partial charge >= 0.3 is 6.09 Å². The van der Waals surface area contributed by atoms with Gasteiger partial charge in [-0.1, -0.05) is 12.1 Å². The normalized spacial score (nSPS) is 15.4. The van der Waals surface area contributed by atoms with Gasteiger partial charge in [0, 0.05) is 37.6 Å². The molecule has 1 aliphatic rings. The molecule has 7 nitrogen and oxygen atoms in total. The number of hydrogen-bond donors (Lipinski definition) is 2. The van der Waals surface area contributed by atoms with Gasteiger partial charge in [0.15, 0.2) is 0 Å². The van der Waals surface area contributed by atoms with E-state index in [2.05, 4.69) is 10.2 Å². The van der Waals surface area contributed by atoms with E-state index in [1.54, 1.807) is 6.20 Å². The van der Waals surface area contributed by atoms with Crippen LogP contribution in [0.3, 0.4) is 0 Å². The Morgan fingerprint density at radius 2 is 1.91 bits per heavy atom. The minimum absolute atomic E-state index is 0.0256. The highest BCUT2D eigenvalue weighted by Crippen LogP contribution is 2.23. The van der Waals surface area contributed by atoms with Crippen LogP contribution in [-0.4, -0.2) is 45.5 Å². The van der Waals surface area contributed by atoms with Crippen LogP contribution in [0.15, 0.2) is 41.3 Å². The third-order valence-electron chi connectivity index (χ3n) is 3.87. The molecule has 0 saturated carbocycles. The second-order valence-corrected chi connectivity index (χ2v) is 5.45. The molecule has 2 N–H and O–H groups in total. The molecule has 1 amide bonds. The number of ether oxygens (including phenoxy) is 1. The molecule has 0 unspecified atom stereocenters. The van der Waals surface area contributed by atoms with Gasteiger partial charge in [0.05, 0.1) is 6.20 Å². The molecule has 23 heavy (non-hydrogen) atoms. The number of carbonyl (C=O) groups is 1. The number of rotatable bonds is 3. The monoisotopic (exact) mass is 315 g/mol. The molecular formula is C16H17N3O4. The molecule has 1 aromatic heterocycles. The minimum atomic E-state index is -0.876. The van der Waals surface area contributed by atoms with Crippen molar-refractivity contribution in [3.63, 3.8) is 0 Å². The van der Waals surface area contributed by atoms with Crippen LogP contribution in [0.2, 0.25) is 0 Å². The van der Waals surface area contributed by atoms with Gasteiger partial charge in [-0.25, -0.2) is 9.89 Å². The SMILES string of the molecule is O=C(O)N1CCC(Oc2ccc(-c3cn[nH]c(=O)c3)cc2)CC1. The number of nitrogens with one attached hydrogen (secondary N) is 1. The van der Waals surface area contributed by atoms with Crippen molar-refractivity contribution in [1.82, 2.24) is 15.1 Å². The first-order valence-electron chi connectivity index (χ1n) is 7.41.